The maximum Gasteiger partial charge on any atom is 0.332 e. The molecule has 96 valence electrons. The van der Waals surface area contributed by atoms with Crippen LogP contribution in [0.15, 0.2) is 30.3 Å². The molecule has 1 aromatic rings. The Bertz CT molecular complexity index is 346. The van der Waals surface area contributed by atoms with Gasteiger partial charge in [-0.3, -0.25) is 4.57 Å². The lowest BCUT2D eigenvalue weighted by Gasteiger charge is -2.17. The largest absolute Gasteiger partial charge is 0.384 e. The van der Waals surface area contributed by atoms with Gasteiger partial charge in [0, 0.05) is 12.2 Å². The number of nitrogens with one attached hydrogen (secondary N) is 1. The van der Waals surface area contributed by atoms with Gasteiger partial charge in [0.1, 0.15) is 0 Å². The molecule has 0 saturated carbocycles. The number of anilines is 1. The first-order valence-electron chi connectivity index (χ1n) is 5.87. The fraction of sp³-hybridized carbons (Fsp3) is 0.500. The number of hydrogen-bond acceptors (Lipinski definition) is 4. The van der Waals surface area contributed by atoms with E-state index in [1.54, 1.807) is 0 Å². The number of rotatable bonds is 8. The highest BCUT2D eigenvalue weighted by Gasteiger charge is 2.22. The SMILES string of the molecule is CCOP(=O)(CCNc1ccccc1)OCC. The van der Waals surface area contributed by atoms with Gasteiger partial charge in [0.15, 0.2) is 0 Å². The molecular formula is C12H20NO3P. The number of para-hydroxylation sites is 1. The number of hydrogen-bond donors (Lipinski definition) is 1. The smallest absolute Gasteiger partial charge is 0.332 e. The molecule has 0 spiro atoms. The molecule has 5 heteroatoms. The van der Waals surface area contributed by atoms with E-state index in [-0.39, 0.29) is 0 Å². The van der Waals surface area contributed by atoms with E-state index in [1.807, 2.05) is 44.2 Å². The second-order valence-corrected chi connectivity index (χ2v) is 5.65. The molecule has 0 aromatic heterocycles. The van der Waals surface area contributed by atoms with Crippen molar-refractivity contribution in [3.63, 3.8) is 0 Å². The topological polar surface area (TPSA) is 47.6 Å². The predicted octanol–water partition coefficient (Wildman–Crippen LogP) is 3.36. The number of benzene rings is 1. The first-order valence-corrected chi connectivity index (χ1v) is 7.60. The van der Waals surface area contributed by atoms with Crippen LogP contribution in [0.25, 0.3) is 0 Å². The van der Waals surface area contributed by atoms with E-state index < -0.39 is 7.60 Å². The minimum Gasteiger partial charge on any atom is -0.384 e. The Morgan fingerprint density at radius 3 is 2.24 bits per heavy atom. The normalized spacial score (nSPS) is 11.4. The highest BCUT2D eigenvalue weighted by atomic mass is 31.2. The monoisotopic (exact) mass is 257 g/mol. The molecule has 0 radical (unpaired) electrons. The fourth-order valence-corrected chi connectivity index (χ4v) is 2.96. The standard InChI is InChI=1S/C12H20NO3P/c1-3-15-17(14,16-4-2)11-10-13-12-8-6-5-7-9-12/h5-9,13H,3-4,10-11H2,1-2H3. The van der Waals surface area contributed by atoms with E-state index in [2.05, 4.69) is 5.32 Å². The summed E-state index contributed by atoms with van der Waals surface area (Å²) >= 11 is 0. The van der Waals surface area contributed by atoms with Crippen LogP contribution in [0.4, 0.5) is 5.69 Å². The lowest BCUT2D eigenvalue weighted by molar-refractivity contribution is 0.221. The van der Waals surface area contributed by atoms with Gasteiger partial charge in [-0.2, -0.15) is 0 Å². The van der Waals surface area contributed by atoms with Gasteiger partial charge in [-0.1, -0.05) is 18.2 Å². The van der Waals surface area contributed by atoms with E-state index in [1.165, 1.54) is 0 Å². The summed E-state index contributed by atoms with van der Waals surface area (Å²) in [5.41, 5.74) is 1.01. The van der Waals surface area contributed by atoms with Crippen LogP contribution < -0.4 is 5.32 Å². The lowest BCUT2D eigenvalue weighted by Crippen LogP contribution is -2.10. The van der Waals surface area contributed by atoms with Crippen molar-refractivity contribution in [2.45, 2.75) is 13.8 Å². The Kier molecular flexibility index (Phi) is 6.27. The first-order chi connectivity index (χ1) is 8.20. The van der Waals surface area contributed by atoms with Gasteiger partial charge >= 0.3 is 7.60 Å². The van der Waals surface area contributed by atoms with Crippen LogP contribution in [0.2, 0.25) is 0 Å². The molecule has 0 unspecified atom stereocenters. The maximum absolute atomic E-state index is 12.1. The summed E-state index contributed by atoms with van der Waals surface area (Å²) in [6.07, 6.45) is 0.379. The molecule has 0 aliphatic heterocycles. The molecule has 17 heavy (non-hydrogen) atoms. The van der Waals surface area contributed by atoms with Gasteiger partial charge < -0.3 is 14.4 Å². The van der Waals surface area contributed by atoms with Gasteiger partial charge in [-0.05, 0) is 26.0 Å². The quantitative estimate of drug-likeness (QED) is 0.725. The van der Waals surface area contributed by atoms with Crippen LogP contribution in [0.1, 0.15) is 13.8 Å². The van der Waals surface area contributed by atoms with Crippen molar-refractivity contribution >= 4 is 13.3 Å². The lowest BCUT2D eigenvalue weighted by atomic mass is 10.3. The molecule has 1 N–H and O–H groups in total. The summed E-state index contributed by atoms with van der Waals surface area (Å²) in [4.78, 5) is 0. The average molecular weight is 257 g/mol. The van der Waals surface area contributed by atoms with Gasteiger partial charge in [0.2, 0.25) is 0 Å². The molecule has 0 atom stereocenters. The zero-order chi connectivity index (χ0) is 12.6. The summed E-state index contributed by atoms with van der Waals surface area (Å²) in [6, 6.07) is 9.79. The van der Waals surface area contributed by atoms with Crippen LogP contribution in [0.5, 0.6) is 0 Å². The summed E-state index contributed by atoms with van der Waals surface area (Å²) in [7, 11) is -2.92. The molecule has 0 bridgehead atoms. The highest BCUT2D eigenvalue weighted by Crippen LogP contribution is 2.47. The second-order valence-electron chi connectivity index (χ2n) is 3.46. The minimum atomic E-state index is -2.92. The van der Waals surface area contributed by atoms with E-state index in [0.717, 1.165) is 5.69 Å². The third-order valence-electron chi connectivity index (χ3n) is 2.14. The van der Waals surface area contributed by atoms with Crippen LogP contribution in [0.3, 0.4) is 0 Å². The maximum atomic E-state index is 12.1. The van der Waals surface area contributed by atoms with E-state index in [0.29, 0.717) is 25.9 Å². The molecule has 0 fully saturated rings. The second kappa shape index (κ2) is 7.49. The van der Waals surface area contributed by atoms with Gasteiger partial charge in [-0.25, -0.2) is 0 Å². The van der Waals surface area contributed by atoms with Crippen LogP contribution in [-0.4, -0.2) is 25.9 Å². The van der Waals surface area contributed by atoms with Gasteiger partial charge in [0.05, 0.1) is 19.4 Å². The van der Waals surface area contributed by atoms with Crippen LogP contribution in [0, 0.1) is 0 Å². The van der Waals surface area contributed by atoms with E-state index in [4.69, 9.17) is 9.05 Å². The molecule has 4 nitrogen and oxygen atoms in total. The summed E-state index contributed by atoms with van der Waals surface area (Å²) < 4.78 is 22.5. The molecule has 0 aliphatic rings. The molecule has 0 heterocycles. The summed E-state index contributed by atoms with van der Waals surface area (Å²) in [5, 5.41) is 3.18. The average Bonchev–Trinajstić information content (AvgIpc) is 2.31. The fourth-order valence-electron chi connectivity index (χ4n) is 1.45. The molecule has 1 aromatic carbocycles. The van der Waals surface area contributed by atoms with E-state index >= 15 is 0 Å². The van der Waals surface area contributed by atoms with Crippen LogP contribution in [-0.2, 0) is 13.6 Å². The third kappa shape index (κ3) is 5.35. The molecule has 0 saturated heterocycles. The summed E-state index contributed by atoms with van der Waals surface area (Å²) in [5.74, 6) is 0. The minimum absolute atomic E-state index is 0.379. The Labute approximate surface area is 103 Å². The van der Waals surface area contributed by atoms with Gasteiger partial charge in [0.25, 0.3) is 0 Å². The Balaban J connectivity index is 2.40. The Morgan fingerprint density at radius 2 is 1.71 bits per heavy atom. The van der Waals surface area contributed by atoms with Crippen molar-refractivity contribution in [2.24, 2.45) is 0 Å². The van der Waals surface area contributed by atoms with Crippen molar-refractivity contribution in [1.29, 1.82) is 0 Å². The van der Waals surface area contributed by atoms with Crippen molar-refractivity contribution in [3.05, 3.63) is 30.3 Å². The van der Waals surface area contributed by atoms with Crippen molar-refractivity contribution in [2.75, 3.05) is 31.2 Å². The Morgan fingerprint density at radius 1 is 1.12 bits per heavy atom. The van der Waals surface area contributed by atoms with Crippen molar-refractivity contribution in [1.82, 2.24) is 0 Å². The first kappa shape index (κ1) is 14.2. The molecular weight excluding hydrogens is 237 g/mol. The van der Waals surface area contributed by atoms with Crippen molar-refractivity contribution in [3.8, 4) is 0 Å². The molecule has 0 amide bonds. The zero-order valence-corrected chi connectivity index (χ0v) is 11.3. The van der Waals surface area contributed by atoms with Crippen molar-refractivity contribution < 1.29 is 13.6 Å². The predicted molar refractivity (Wildman–Crippen MR) is 70.7 cm³/mol. The molecule has 0 aliphatic carbocycles. The van der Waals surface area contributed by atoms with E-state index in [9.17, 15) is 4.57 Å². The zero-order valence-electron chi connectivity index (χ0n) is 10.4. The molecule has 1 rings (SSSR count). The Hall–Kier alpha value is -0.830. The third-order valence-corrected chi connectivity index (χ3v) is 4.21. The summed E-state index contributed by atoms with van der Waals surface area (Å²) in [6.45, 7) is 5.01. The van der Waals surface area contributed by atoms with Gasteiger partial charge in [-0.15, -0.1) is 0 Å². The highest BCUT2D eigenvalue weighted by molar-refractivity contribution is 7.53. The van der Waals surface area contributed by atoms with Crippen LogP contribution >= 0.6 is 7.60 Å².